The molecule has 0 radical (unpaired) electrons. The van der Waals surface area contributed by atoms with Crippen molar-refractivity contribution < 1.29 is 28.9 Å². The molecular weight excluding hydrogens is 604 g/mol. The van der Waals surface area contributed by atoms with Crippen molar-refractivity contribution in [1.29, 1.82) is 0 Å². The van der Waals surface area contributed by atoms with Crippen LogP contribution in [0.5, 0.6) is 0 Å². The molecule has 0 bridgehead atoms. The number of amides is 2. The molecule has 46 heavy (non-hydrogen) atoms. The number of aliphatic hydroxyl groups is 1. The fourth-order valence-corrected chi connectivity index (χ4v) is 6.42. The molecule has 0 unspecified atom stereocenters. The second-order valence-electron chi connectivity index (χ2n) is 11.3. The molecule has 242 valence electrons. The number of carbonyl (C=O) groups excluding carboxylic acids is 2. The van der Waals surface area contributed by atoms with Crippen molar-refractivity contribution in [3.8, 4) is 0 Å². The van der Waals surface area contributed by atoms with Gasteiger partial charge in [0.05, 0.1) is 25.9 Å². The number of aliphatic hydroxyl groups excluding tert-OH is 1. The molecule has 1 aliphatic heterocycles. The summed E-state index contributed by atoms with van der Waals surface area (Å²) in [5, 5.41) is 16.0. The zero-order chi connectivity index (χ0) is 32.5. The minimum atomic E-state index is -0.811. The molecule has 4 aromatic rings. The summed E-state index contributed by atoms with van der Waals surface area (Å²) in [4.78, 5) is 29.5. The number of nitrogens with zero attached hydrogens (tertiary/aromatic N) is 2. The van der Waals surface area contributed by atoms with E-state index in [1.165, 1.54) is 7.11 Å². The van der Waals surface area contributed by atoms with Crippen molar-refractivity contribution in [2.45, 2.75) is 56.2 Å². The van der Waals surface area contributed by atoms with Crippen LogP contribution >= 0.6 is 11.8 Å². The van der Waals surface area contributed by atoms with Gasteiger partial charge in [0, 0.05) is 49.6 Å². The normalized spacial score (nSPS) is 20.1. The first kappa shape index (κ1) is 33.2. The van der Waals surface area contributed by atoms with Gasteiger partial charge in [-0.3, -0.25) is 0 Å². The Balaban J connectivity index is 1.23. The van der Waals surface area contributed by atoms with Crippen LogP contribution in [0.3, 0.4) is 0 Å². The van der Waals surface area contributed by atoms with Gasteiger partial charge in [0.1, 0.15) is 6.04 Å². The predicted octanol–water partition coefficient (Wildman–Crippen LogP) is 5.08. The standard InChI is InChI=1S/C35H40N4O6S/c1-23-30(22-46-35-36-17-18-39(35)2)44-33(45-31(23)27-13-11-26(21-40)12-14-27)28-15-9-25(10-16-28)20-37-34(42)38-29(32(41)43-3)19-24-7-5-4-6-8-24/h4-18,23,29-31,33,40H,19-22H2,1-3H3,(H2,37,38,42)/t23-,29-,30+,31+,33+/m0/s1. The highest BCUT2D eigenvalue weighted by Crippen LogP contribution is 2.42. The molecule has 2 amide bonds. The summed E-state index contributed by atoms with van der Waals surface area (Å²) in [5.41, 5.74) is 4.51. The Bertz CT molecular complexity index is 1560. The Morgan fingerprint density at radius 2 is 1.67 bits per heavy atom. The van der Waals surface area contributed by atoms with Gasteiger partial charge in [-0.1, -0.05) is 97.5 Å². The largest absolute Gasteiger partial charge is 0.467 e. The van der Waals surface area contributed by atoms with Gasteiger partial charge in [-0.15, -0.1) is 0 Å². The molecule has 1 fully saturated rings. The maximum absolute atomic E-state index is 12.7. The number of hydrogen-bond donors (Lipinski definition) is 3. The highest BCUT2D eigenvalue weighted by Gasteiger charge is 2.38. The summed E-state index contributed by atoms with van der Waals surface area (Å²) in [6.07, 6.45) is 3.09. The van der Waals surface area contributed by atoms with E-state index >= 15 is 0 Å². The highest BCUT2D eigenvalue weighted by atomic mass is 32.2. The van der Waals surface area contributed by atoms with Crippen LogP contribution in [0.25, 0.3) is 0 Å². The monoisotopic (exact) mass is 644 g/mol. The molecular formula is C35H40N4O6S. The Morgan fingerprint density at radius 3 is 2.33 bits per heavy atom. The quantitative estimate of drug-likeness (QED) is 0.144. The molecule has 1 saturated heterocycles. The first-order chi connectivity index (χ1) is 22.3. The van der Waals surface area contributed by atoms with Crippen LogP contribution in [-0.2, 0) is 45.6 Å². The van der Waals surface area contributed by atoms with E-state index in [-0.39, 0.29) is 31.3 Å². The lowest BCUT2D eigenvalue weighted by molar-refractivity contribution is -0.268. The maximum Gasteiger partial charge on any atom is 0.328 e. The fraction of sp³-hybridized carbons (Fsp3) is 0.343. The average molecular weight is 645 g/mol. The lowest BCUT2D eigenvalue weighted by Gasteiger charge is -2.41. The molecule has 5 atom stereocenters. The summed E-state index contributed by atoms with van der Waals surface area (Å²) >= 11 is 1.65. The van der Waals surface area contributed by atoms with Crippen LogP contribution in [0.4, 0.5) is 4.79 Å². The number of rotatable bonds is 12. The van der Waals surface area contributed by atoms with Gasteiger partial charge in [-0.25, -0.2) is 14.6 Å². The molecule has 3 aromatic carbocycles. The number of urea groups is 1. The fourth-order valence-electron chi connectivity index (χ4n) is 5.33. The third kappa shape index (κ3) is 8.55. The number of carbonyl (C=O) groups is 2. The number of imidazole rings is 1. The van der Waals surface area contributed by atoms with E-state index in [1.807, 2.05) is 96.7 Å². The Labute approximate surface area is 273 Å². The van der Waals surface area contributed by atoms with E-state index in [9.17, 15) is 14.7 Å². The van der Waals surface area contributed by atoms with Gasteiger partial charge in [0.15, 0.2) is 11.4 Å². The van der Waals surface area contributed by atoms with Gasteiger partial charge >= 0.3 is 12.0 Å². The van der Waals surface area contributed by atoms with Crippen molar-refractivity contribution in [3.63, 3.8) is 0 Å². The summed E-state index contributed by atoms with van der Waals surface area (Å²) in [7, 11) is 3.28. The van der Waals surface area contributed by atoms with Gasteiger partial charge < -0.3 is 34.5 Å². The molecule has 0 aliphatic carbocycles. The van der Waals surface area contributed by atoms with Gasteiger partial charge in [-0.05, 0) is 22.3 Å². The highest BCUT2D eigenvalue weighted by molar-refractivity contribution is 7.99. The minimum Gasteiger partial charge on any atom is -0.467 e. The maximum atomic E-state index is 12.7. The lowest BCUT2D eigenvalue weighted by Crippen LogP contribution is -2.47. The van der Waals surface area contributed by atoms with E-state index in [0.717, 1.165) is 33.0 Å². The van der Waals surface area contributed by atoms with Crippen LogP contribution in [-0.4, -0.2) is 51.7 Å². The number of benzene rings is 3. The molecule has 5 rings (SSSR count). The summed E-state index contributed by atoms with van der Waals surface area (Å²) in [6.45, 7) is 2.38. The number of aromatic nitrogens is 2. The molecule has 1 aliphatic rings. The molecule has 3 N–H and O–H groups in total. The summed E-state index contributed by atoms with van der Waals surface area (Å²) in [5.74, 6) is 0.247. The number of esters is 1. The van der Waals surface area contributed by atoms with Crippen molar-refractivity contribution in [2.75, 3.05) is 12.9 Å². The van der Waals surface area contributed by atoms with E-state index in [0.29, 0.717) is 12.2 Å². The topological polar surface area (TPSA) is 124 Å². The third-order valence-electron chi connectivity index (χ3n) is 8.06. The Hall–Kier alpha value is -4.16. The van der Waals surface area contributed by atoms with Crippen LogP contribution in [0.1, 0.15) is 47.1 Å². The second-order valence-corrected chi connectivity index (χ2v) is 12.3. The first-order valence-corrected chi connectivity index (χ1v) is 16.2. The Kier molecular flexibility index (Phi) is 11.5. The van der Waals surface area contributed by atoms with Crippen LogP contribution in [0, 0.1) is 5.92 Å². The van der Waals surface area contributed by atoms with Crippen LogP contribution in [0.2, 0.25) is 0 Å². The van der Waals surface area contributed by atoms with E-state index in [4.69, 9.17) is 14.2 Å². The molecule has 0 spiro atoms. The second kappa shape index (κ2) is 15.9. The Morgan fingerprint density at radius 1 is 0.978 bits per heavy atom. The number of ether oxygens (including phenoxy) is 3. The predicted molar refractivity (Wildman–Crippen MR) is 175 cm³/mol. The van der Waals surface area contributed by atoms with Gasteiger partial charge in [0.25, 0.3) is 0 Å². The molecule has 11 heteroatoms. The van der Waals surface area contributed by atoms with Gasteiger partial charge in [-0.2, -0.15) is 0 Å². The molecule has 2 heterocycles. The van der Waals surface area contributed by atoms with Crippen LogP contribution < -0.4 is 10.6 Å². The summed E-state index contributed by atoms with van der Waals surface area (Å²) in [6, 6.07) is 23.7. The number of methoxy groups -OCH3 is 1. The van der Waals surface area contributed by atoms with Crippen molar-refractivity contribution in [3.05, 3.63) is 119 Å². The van der Waals surface area contributed by atoms with Crippen molar-refractivity contribution in [2.24, 2.45) is 13.0 Å². The SMILES string of the molecule is COC(=O)[C@H](Cc1ccccc1)NC(=O)NCc1ccc([C@@H]2O[C@H](CSc3nccn3C)[C@H](C)[C@H](c3ccc(CO)cc3)O2)cc1. The van der Waals surface area contributed by atoms with E-state index < -0.39 is 24.3 Å². The lowest BCUT2D eigenvalue weighted by atomic mass is 9.91. The first-order valence-electron chi connectivity index (χ1n) is 15.2. The van der Waals surface area contributed by atoms with Crippen LogP contribution in [0.15, 0.2) is 96.4 Å². The smallest absolute Gasteiger partial charge is 0.328 e. The van der Waals surface area contributed by atoms with E-state index in [2.05, 4.69) is 22.5 Å². The van der Waals surface area contributed by atoms with Crippen molar-refractivity contribution >= 4 is 23.8 Å². The number of aryl methyl sites for hydroxylation is 1. The zero-order valence-corrected chi connectivity index (χ0v) is 27.0. The molecule has 0 saturated carbocycles. The number of nitrogens with one attached hydrogen (secondary N) is 2. The number of hydrogen-bond acceptors (Lipinski definition) is 8. The van der Waals surface area contributed by atoms with E-state index in [1.54, 1.807) is 18.0 Å². The minimum absolute atomic E-state index is 0.0154. The molecule has 1 aromatic heterocycles. The molecule has 10 nitrogen and oxygen atoms in total. The number of thioether (sulfide) groups is 1. The zero-order valence-electron chi connectivity index (χ0n) is 26.2. The third-order valence-corrected chi connectivity index (χ3v) is 9.20. The summed E-state index contributed by atoms with van der Waals surface area (Å²) < 4.78 is 20.0. The average Bonchev–Trinajstić information content (AvgIpc) is 3.51. The van der Waals surface area contributed by atoms with Gasteiger partial charge in [0.2, 0.25) is 0 Å². The van der Waals surface area contributed by atoms with Crippen molar-refractivity contribution in [1.82, 2.24) is 20.2 Å².